The van der Waals surface area contributed by atoms with Gasteiger partial charge in [0, 0.05) is 16.4 Å². The molecular weight excluding hydrogens is 302 g/mol. The fraction of sp³-hybridized carbons (Fsp3) is 0.333. The molecule has 0 unspecified atom stereocenters. The largest absolute Gasteiger partial charge is 0.371 e. The summed E-state index contributed by atoms with van der Waals surface area (Å²) in [5, 5.41) is 7.20. The van der Waals surface area contributed by atoms with Crippen LogP contribution in [0.4, 0.5) is 0 Å². The molecule has 1 aromatic carbocycles. The van der Waals surface area contributed by atoms with Crippen LogP contribution in [0.2, 0.25) is 0 Å². The van der Waals surface area contributed by atoms with E-state index in [4.69, 9.17) is 15.4 Å². The Morgan fingerprint density at radius 3 is 2.45 bits per heavy atom. The molecule has 0 spiro atoms. The van der Waals surface area contributed by atoms with Gasteiger partial charge in [-0.3, -0.25) is 4.57 Å². The minimum atomic E-state index is -3.99. The third kappa shape index (κ3) is 3.36. The molecule has 0 saturated carbocycles. The summed E-state index contributed by atoms with van der Waals surface area (Å²) in [5.41, 5.74) is 0.610. The molecule has 0 saturated heterocycles. The van der Waals surface area contributed by atoms with Crippen LogP contribution in [0.15, 0.2) is 35.5 Å². The summed E-state index contributed by atoms with van der Waals surface area (Å²) < 4.78 is 30.0. The van der Waals surface area contributed by atoms with Crippen LogP contribution in [0.25, 0.3) is 5.69 Å². The van der Waals surface area contributed by atoms with Gasteiger partial charge in [0.1, 0.15) is 6.61 Å². The van der Waals surface area contributed by atoms with E-state index in [9.17, 15) is 8.42 Å². The maximum atomic E-state index is 11.6. The molecule has 0 aliphatic heterocycles. The monoisotopic (exact) mass is 315 g/mol. The molecule has 2 rings (SSSR count). The van der Waals surface area contributed by atoms with Crippen LogP contribution >= 0.6 is 10.7 Å². The van der Waals surface area contributed by atoms with Gasteiger partial charge in [0.25, 0.3) is 14.2 Å². The summed E-state index contributed by atoms with van der Waals surface area (Å²) in [6.07, 6.45) is -0.00742. The molecule has 0 N–H and O–H groups in total. The van der Waals surface area contributed by atoms with Gasteiger partial charge >= 0.3 is 0 Å². The quantitative estimate of drug-likeness (QED) is 0.790. The fourth-order valence-electron chi connectivity index (χ4n) is 1.63. The van der Waals surface area contributed by atoms with E-state index < -0.39 is 9.05 Å². The molecule has 0 aliphatic rings. The zero-order valence-electron chi connectivity index (χ0n) is 11.0. The predicted octanol–water partition coefficient (Wildman–Crippen LogP) is 2.12. The molecule has 1 heterocycles. The van der Waals surface area contributed by atoms with Gasteiger partial charge in [0.2, 0.25) is 0 Å². The van der Waals surface area contributed by atoms with Crippen LogP contribution in [-0.2, 0) is 20.4 Å². The van der Waals surface area contributed by atoms with Gasteiger partial charge in [-0.1, -0.05) is 18.2 Å². The normalized spacial score (nSPS) is 12.0. The number of hydrogen-bond donors (Lipinski definition) is 0. The third-order valence-corrected chi connectivity index (χ3v) is 3.59. The molecule has 1 aromatic heterocycles. The second-order valence-corrected chi connectivity index (χ2v) is 6.83. The minimum Gasteiger partial charge on any atom is -0.371 e. The highest BCUT2D eigenvalue weighted by molar-refractivity contribution is 8.13. The fourth-order valence-corrected chi connectivity index (χ4v) is 2.50. The lowest BCUT2D eigenvalue weighted by atomic mass is 10.3. The van der Waals surface area contributed by atoms with Crippen LogP contribution < -0.4 is 0 Å². The van der Waals surface area contributed by atoms with Gasteiger partial charge in [-0.25, -0.2) is 8.42 Å². The zero-order chi connectivity index (χ0) is 14.8. The Morgan fingerprint density at radius 1 is 1.25 bits per heavy atom. The second kappa shape index (κ2) is 5.90. The Hall–Kier alpha value is -1.44. The van der Waals surface area contributed by atoms with Crippen molar-refractivity contribution in [1.82, 2.24) is 14.8 Å². The van der Waals surface area contributed by atoms with Crippen molar-refractivity contribution in [3.63, 3.8) is 0 Å². The van der Waals surface area contributed by atoms with Crippen molar-refractivity contribution < 1.29 is 13.2 Å². The van der Waals surface area contributed by atoms with Gasteiger partial charge < -0.3 is 4.74 Å². The van der Waals surface area contributed by atoms with Gasteiger partial charge in [-0.15, -0.1) is 10.2 Å². The van der Waals surface area contributed by atoms with E-state index in [0.29, 0.717) is 11.5 Å². The maximum Gasteiger partial charge on any atom is 0.297 e. The lowest BCUT2D eigenvalue weighted by Crippen LogP contribution is -2.10. The van der Waals surface area contributed by atoms with Gasteiger partial charge in [-0.05, 0) is 26.0 Å². The number of aromatic nitrogens is 3. The van der Waals surface area contributed by atoms with E-state index in [-0.39, 0.29) is 17.9 Å². The SMILES string of the molecule is CC(C)OCc1nnc(S(=O)(=O)Cl)n1-c1ccccc1. The number of benzene rings is 1. The van der Waals surface area contributed by atoms with E-state index in [1.165, 1.54) is 4.57 Å². The summed E-state index contributed by atoms with van der Waals surface area (Å²) in [7, 11) is 1.40. The van der Waals surface area contributed by atoms with E-state index in [1.807, 2.05) is 19.9 Å². The van der Waals surface area contributed by atoms with Crippen molar-refractivity contribution >= 4 is 19.7 Å². The van der Waals surface area contributed by atoms with E-state index in [0.717, 1.165) is 0 Å². The van der Waals surface area contributed by atoms with Crippen LogP contribution in [-0.4, -0.2) is 29.3 Å². The number of halogens is 1. The molecule has 8 heteroatoms. The molecule has 2 aromatic rings. The summed E-state index contributed by atoms with van der Waals surface area (Å²) in [6, 6.07) is 8.88. The summed E-state index contributed by atoms with van der Waals surface area (Å²) >= 11 is 0. The van der Waals surface area contributed by atoms with Gasteiger partial charge in [0.05, 0.1) is 6.10 Å². The number of para-hydroxylation sites is 1. The highest BCUT2D eigenvalue weighted by atomic mass is 35.7. The van der Waals surface area contributed by atoms with E-state index in [1.54, 1.807) is 24.3 Å². The smallest absolute Gasteiger partial charge is 0.297 e. The van der Waals surface area contributed by atoms with E-state index in [2.05, 4.69) is 10.2 Å². The van der Waals surface area contributed by atoms with Crippen molar-refractivity contribution in [3.05, 3.63) is 36.2 Å². The maximum absolute atomic E-state index is 11.6. The molecule has 0 bridgehead atoms. The standard InChI is InChI=1S/C12H14ClN3O3S/c1-9(2)19-8-11-14-15-12(20(13,17)18)16(11)10-6-4-3-5-7-10/h3-7,9H,8H2,1-2H3. The van der Waals surface area contributed by atoms with Crippen molar-refractivity contribution in [2.24, 2.45) is 0 Å². The molecule has 6 nitrogen and oxygen atoms in total. The van der Waals surface area contributed by atoms with Crippen molar-refractivity contribution in [1.29, 1.82) is 0 Å². The Balaban J connectivity index is 2.52. The lowest BCUT2D eigenvalue weighted by Gasteiger charge is -2.10. The molecule has 0 fully saturated rings. The van der Waals surface area contributed by atoms with Crippen LogP contribution in [0.3, 0.4) is 0 Å². The summed E-state index contributed by atoms with van der Waals surface area (Å²) in [5.74, 6) is 0.379. The molecular formula is C12H14ClN3O3S. The first-order valence-corrected chi connectivity index (χ1v) is 8.26. The number of rotatable bonds is 5. The summed E-state index contributed by atoms with van der Waals surface area (Å²) in [6.45, 7) is 3.90. The van der Waals surface area contributed by atoms with Gasteiger partial charge in [0.15, 0.2) is 5.82 Å². The zero-order valence-corrected chi connectivity index (χ0v) is 12.6. The molecule has 20 heavy (non-hydrogen) atoms. The highest BCUT2D eigenvalue weighted by Crippen LogP contribution is 2.20. The van der Waals surface area contributed by atoms with Crippen molar-refractivity contribution in [2.75, 3.05) is 0 Å². The average molecular weight is 316 g/mol. The Bertz CT molecular complexity index is 683. The highest BCUT2D eigenvalue weighted by Gasteiger charge is 2.23. The minimum absolute atomic E-state index is 0.00742. The first kappa shape index (κ1) is 15.0. The van der Waals surface area contributed by atoms with Crippen molar-refractivity contribution in [3.8, 4) is 5.69 Å². The molecule has 0 radical (unpaired) electrons. The van der Waals surface area contributed by atoms with Crippen molar-refractivity contribution in [2.45, 2.75) is 31.7 Å². The van der Waals surface area contributed by atoms with Crippen LogP contribution in [0.1, 0.15) is 19.7 Å². The molecule has 0 atom stereocenters. The molecule has 0 amide bonds. The first-order chi connectivity index (χ1) is 9.39. The Kier molecular flexibility index (Phi) is 4.42. The lowest BCUT2D eigenvalue weighted by molar-refractivity contribution is 0.0602. The number of nitrogens with zero attached hydrogens (tertiary/aromatic N) is 3. The Labute approximate surface area is 121 Å². The molecule has 108 valence electrons. The second-order valence-electron chi connectivity index (χ2n) is 4.37. The van der Waals surface area contributed by atoms with Crippen LogP contribution in [0, 0.1) is 0 Å². The number of hydrogen-bond acceptors (Lipinski definition) is 5. The molecule has 0 aliphatic carbocycles. The number of ether oxygens (including phenoxy) is 1. The predicted molar refractivity (Wildman–Crippen MR) is 74.3 cm³/mol. The van der Waals surface area contributed by atoms with Crippen LogP contribution in [0.5, 0.6) is 0 Å². The summed E-state index contributed by atoms with van der Waals surface area (Å²) in [4.78, 5) is 0. The van der Waals surface area contributed by atoms with E-state index >= 15 is 0 Å². The first-order valence-electron chi connectivity index (χ1n) is 5.95. The topological polar surface area (TPSA) is 74.1 Å². The van der Waals surface area contributed by atoms with Gasteiger partial charge in [-0.2, -0.15) is 0 Å². The average Bonchev–Trinajstić information content (AvgIpc) is 2.81. The third-order valence-electron chi connectivity index (χ3n) is 2.48. The Morgan fingerprint density at radius 2 is 1.90 bits per heavy atom.